The second-order valence-corrected chi connectivity index (χ2v) is 6.99. The number of ether oxygens (including phenoxy) is 3. The molecule has 0 radical (unpaired) electrons. The summed E-state index contributed by atoms with van der Waals surface area (Å²) in [6.45, 7) is 5.61. The topological polar surface area (TPSA) is 96.0 Å². The highest BCUT2D eigenvalue weighted by Gasteiger charge is 2.35. The van der Waals surface area contributed by atoms with Gasteiger partial charge in [-0.2, -0.15) is 11.8 Å². The van der Waals surface area contributed by atoms with Gasteiger partial charge >= 0.3 is 17.9 Å². The zero-order valence-electron chi connectivity index (χ0n) is 15.4. The molecular formula is C17H28O7S. The molecule has 0 aromatic heterocycles. The van der Waals surface area contributed by atoms with Gasteiger partial charge in [0.05, 0.1) is 5.41 Å². The van der Waals surface area contributed by atoms with Crippen LogP contribution in [0.25, 0.3) is 0 Å². The van der Waals surface area contributed by atoms with E-state index in [0.717, 1.165) is 12.2 Å². The highest BCUT2D eigenvalue weighted by Crippen LogP contribution is 2.26. The second kappa shape index (κ2) is 12.7. The monoisotopic (exact) mass is 376 g/mol. The number of hydrogen-bond acceptors (Lipinski definition) is 8. The molecule has 0 amide bonds. The number of ketones is 1. The average Bonchev–Trinajstić information content (AvgIpc) is 2.54. The summed E-state index contributed by atoms with van der Waals surface area (Å²) in [4.78, 5) is 44.8. The average molecular weight is 376 g/mol. The fraction of sp³-hybridized carbons (Fsp3) is 0.765. The van der Waals surface area contributed by atoms with Crippen LogP contribution in [0.2, 0.25) is 0 Å². The van der Waals surface area contributed by atoms with Gasteiger partial charge in [0.15, 0.2) is 0 Å². The molecular weight excluding hydrogens is 348 g/mol. The summed E-state index contributed by atoms with van der Waals surface area (Å²) < 4.78 is 15.3. The minimum Gasteiger partial charge on any atom is -0.465 e. The van der Waals surface area contributed by atoms with E-state index in [1.165, 1.54) is 20.8 Å². The normalized spacial score (nSPS) is 10.9. The van der Waals surface area contributed by atoms with E-state index in [0.29, 0.717) is 18.6 Å². The summed E-state index contributed by atoms with van der Waals surface area (Å²) in [7, 11) is 0. The SMILES string of the molecule is CCC(=O)CCCSCC(COC(C)=O)(COC(C)=O)COC(C)=O. The Morgan fingerprint density at radius 2 is 1.28 bits per heavy atom. The van der Waals surface area contributed by atoms with E-state index in [1.807, 2.05) is 6.92 Å². The van der Waals surface area contributed by atoms with Crippen molar-refractivity contribution in [3.05, 3.63) is 0 Å². The molecule has 0 N–H and O–H groups in total. The molecule has 0 aliphatic rings. The maximum absolute atomic E-state index is 11.3. The van der Waals surface area contributed by atoms with Crippen LogP contribution in [-0.4, -0.2) is 55.0 Å². The fourth-order valence-corrected chi connectivity index (χ4v) is 3.03. The van der Waals surface area contributed by atoms with Crippen LogP contribution in [0.5, 0.6) is 0 Å². The number of carbonyl (C=O) groups excluding carboxylic acids is 4. The second-order valence-electron chi connectivity index (χ2n) is 5.89. The van der Waals surface area contributed by atoms with Gasteiger partial charge in [0.1, 0.15) is 25.6 Å². The predicted molar refractivity (Wildman–Crippen MR) is 94.2 cm³/mol. The van der Waals surface area contributed by atoms with Gasteiger partial charge in [-0.15, -0.1) is 0 Å². The molecule has 0 aliphatic heterocycles. The summed E-state index contributed by atoms with van der Waals surface area (Å²) in [5.41, 5.74) is -0.817. The first-order chi connectivity index (χ1) is 11.7. The van der Waals surface area contributed by atoms with Crippen molar-refractivity contribution >= 4 is 35.5 Å². The Balaban J connectivity index is 4.81. The molecule has 0 spiro atoms. The maximum Gasteiger partial charge on any atom is 0.302 e. The van der Waals surface area contributed by atoms with Gasteiger partial charge in [-0.3, -0.25) is 19.2 Å². The Morgan fingerprint density at radius 3 is 1.64 bits per heavy atom. The third-order valence-electron chi connectivity index (χ3n) is 3.29. The molecule has 0 unspecified atom stereocenters. The van der Waals surface area contributed by atoms with Gasteiger partial charge in [-0.25, -0.2) is 0 Å². The van der Waals surface area contributed by atoms with Crippen LogP contribution in [0.1, 0.15) is 47.0 Å². The summed E-state index contributed by atoms with van der Waals surface area (Å²) in [6, 6.07) is 0. The Morgan fingerprint density at radius 1 is 0.840 bits per heavy atom. The number of hydrogen-bond donors (Lipinski definition) is 0. The molecule has 0 aromatic carbocycles. The Bertz CT molecular complexity index is 416. The standard InChI is InChI=1S/C17H28O7S/c1-5-16(21)7-6-8-25-12-17(9-22-13(2)18,10-23-14(3)19)11-24-15(4)20/h5-12H2,1-4H3. The lowest BCUT2D eigenvalue weighted by Gasteiger charge is -2.31. The van der Waals surface area contributed by atoms with Crippen LogP contribution in [-0.2, 0) is 33.4 Å². The smallest absolute Gasteiger partial charge is 0.302 e. The van der Waals surface area contributed by atoms with Crippen molar-refractivity contribution in [3.8, 4) is 0 Å². The summed E-state index contributed by atoms with van der Waals surface area (Å²) in [5.74, 6) is 0.0109. The van der Waals surface area contributed by atoms with Crippen LogP contribution in [0.15, 0.2) is 0 Å². The first-order valence-electron chi connectivity index (χ1n) is 8.20. The molecule has 0 bridgehead atoms. The lowest BCUT2D eigenvalue weighted by molar-refractivity contribution is -0.157. The van der Waals surface area contributed by atoms with Gasteiger partial charge in [-0.05, 0) is 12.2 Å². The summed E-state index contributed by atoms with van der Waals surface area (Å²) in [5, 5.41) is 0. The zero-order chi connectivity index (χ0) is 19.3. The Hall–Kier alpha value is -1.57. The van der Waals surface area contributed by atoms with Gasteiger partial charge in [0, 0.05) is 39.4 Å². The molecule has 7 nitrogen and oxygen atoms in total. The van der Waals surface area contributed by atoms with E-state index in [-0.39, 0.29) is 25.6 Å². The van der Waals surface area contributed by atoms with Gasteiger partial charge < -0.3 is 14.2 Å². The molecule has 8 heteroatoms. The fourth-order valence-electron chi connectivity index (χ4n) is 1.85. The minimum absolute atomic E-state index is 0.0240. The van der Waals surface area contributed by atoms with E-state index < -0.39 is 23.3 Å². The van der Waals surface area contributed by atoms with Crippen LogP contribution >= 0.6 is 11.8 Å². The number of thioether (sulfide) groups is 1. The first kappa shape index (κ1) is 23.4. The molecule has 144 valence electrons. The summed E-state index contributed by atoms with van der Waals surface area (Å²) >= 11 is 1.54. The molecule has 0 saturated carbocycles. The maximum atomic E-state index is 11.3. The molecule has 0 aromatic rings. The van der Waals surface area contributed by atoms with Crippen LogP contribution in [0.4, 0.5) is 0 Å². The lowest BCUT2D eigenvalue weighted by atomic mass is 9.93. The van der Waals surface area contributed by atoms with Crippen molar-refractivity contribution in [2.45, 2.75) is 47.0 Å². The first-order valence-corrected chi connectivity index (χ1v) is 9.36. The number of rotatable bonds is 13. The Labute approximate surface area is 153 Å². The highest BCUT2D eigenvalue weighted by atomic mass is 32.2. The van der Waals surface area contributed by atoms with Crippen molar-refractivity contribution < 1.29 is 33.4 Å². The molecule has 0 rings (SSSR count). The Kier molecular flexibility index (Phi) is 11.9. The van der Waals surface area contributed by atoms with Gasteiger partial charge in [0.25, 0.3) is 0 Å². The molecule has 0 saturated heterocycles. The number of Topliss-reactive ketones (excluding diaryl/α,β-unsaturated/α-hetero) is 1. The van der Waals surface area contributed by atoms with Crippen LogP contribution in [0, 0.1) is 5.41 Å². The third-order valence-corrected chi connectivity index (χ3v) is 4.69. The van der Waals surface area contributed by atoms with E-state index in [4.69, 9.17) is 14.2 Å². The lowest BCUT2D eigenvalue weighted by Crippen LogP contribution is -2.41. The van der Waals surface area contributed by atoms with Crippen molar-refractivity contribution in [1.82, 2.24) is 0 Å². The molecule has 0 fully saturated rings. The quantitative estimate of drug-likeness (QED) is 0.274. The molecule has 25 heavy (non-hydrogen) atoms. The van der Waals surface area contributed by atoms with E-state index in [9.17, 15) is 19.2 Å². The number of esters is 3. The van der Waals surface area contributed by atoms with Crippen molar-refractivity contribution in [2.75, 3.05) is 31.3 Å². The number of carbonyl (C=O) groups is 4. The van der Waals surface area contributed by atoms with Crippen LogP contribution in [0.3, 0.4) is 0 Å². The van der Waals surface area contributed by atoms with Crippen LogP contribution < -0.4 is 0 Å². The minimum atomic E-state index is -0.817. The van der Waals surface area contributed by atoms with E-state index in [1.54, 1.807) is 11.8 Å². The predicted octanol–water partition coefficient (Wildman–Crippen LogP) is 2.15. The van der Waals surface area contributed by atoms with E-state index in [2.05, 4.69) is 0 Å². The molecule has 0 atom stereocenters. The molecule has 0 heterocycles. The van der Waals surface area contributed by atoms with Gasteiger partial charge in [0.2, 0.25) is 0 Å². The van der Waals surface area contributed by atoms with Crippen molar-refractivity contribution in [2.24, 2.45) is 5.41 Å². The molecule has 0 aliphatic carbocycles. The zero-order valence-corrected chi connectivity index (χ0v) is 16.2. The summed E-state index contributed by atoms with van der Waals surface area (Å²) in [6.07, 6.45) is 1.79. The van der Waals surface area contributed by atoms with Crippen molar-refractivity contribution in [3.63, 3.8) is 0 Å². The van der Waals surface area contributed by atoms with Crippen molar-refractivity contribution in [1.29, 1.82) is 0 Å². The third kappa shape index (κ3) is 12.4. The van der Waals surface area contributed by atoms with Gasteiger partial charge in [-0.1, -0.05) is 6.92 Å². The highest BCUT2D eigenvalue weighted by molar-refractivity contribution is 7.99. The largest absolute Gasteiger partial charge is 0.465 e. The van der Waals surface area contributed by atoms with E-state index >= 15 is 0 Å².